The smallest absolute Gasteiger partial charge is 0.336 e. The number of rotatable bonds is 6. The van der Waals surface area contributed by atoms with E-state index in [4.69, 9.17) is 0 Å². The van der Waals surface area contributed by atoms with Crippen LogP contribution >= 0.6 is 47.3 Å². The van der Waals surface area contributed by atoms with Crippen LogP contribution in [0, 0.1) is 0 Å². The van der Waals surface area contributed by atoms with Crippen molar-refractivity contribution < 1.29 is 22.8 Å². The lowest BCUT2D eigenvalue weighted by atomic mass is 10.1. The van der Waals surface area contributed by atoms with E-state index in [0.717, 1.165) is 13.1 Å². The first-order chi connectivity index (χ1) is 15.2. The van der Waals surface area contributed by atoms with Gasteiger partial charge in [-0.25, -0.2) is 0 Å². The molecule has 0 aromatic heterocycles. The second-order valence-corrected chi connectivity index (χ2v) is 9.25. The summed E-state index contributed by atoms with van der Waals surface area (Å²) in [7, 11) is 0. The molecule has 32 heavy (non-hydrogen) atoms. The first-order valence-electron chi connectivity index (χ1n) is 9.77. The summed E-state index contributed by atoms with van der Waals surface area (Å²) >= 11 is 5.79. The number of halogens is 4. The Kier molecular flexibility index (Phi) is 8.81. The third kappa shape index (κ3) is 6.81. The number of benzene rings is 1. The van der Waals surface area contributed by atoms with Crippen molar-refractivity contribution >= 4 is 65.1 Å². The molecule has 2 fully saturated rings. The van der Waals surface area contributed by atoms with Crippen LogP contribution in [0.25, 0.3) is 6.08 Å². The van der Waals surface area contributed by atoms with E-state index >= 15 is 0 Å². The minimum atomic E-state index is -4.32. The minimum absolute atomic E-state index is 0.0744. The highest BCUT2D eigenvalue weighted by Crippen LogP contribution is 2.36. The summed E-state index contributed by atoms with van der Waals surface area (Å²) in [6, 6.07) is 6.15. The monoisotopic (exact) mass is 598 g/mol. The number of carbonyl (C=O) groups is 2. The molecule has 1 N–H and O–H groups in total. The fraction of sp³-hybridized carbons (Fsp3) is 0.400. The van der Waals surface area contributed by atoms with Crippen molar-refractivity contribution in [3.8, 4) is 0 Å². The number of nitrogens with one attached hydrogen (secondary N) is 1. The Morgan fingerprint density at radius 2 is 1.72 bits per heavy atom. The molecule has 2 heterocycles. The predicted molar refractivity (Wildman–Crippen MR) is 130 cm³/mol. The van der Waals surface area contributed by atoms with E-state index in [0.29, 0.717) is 37.4 Å². The van der Waals surface area contributed by atoms with Gasteiger partial charge in [-0.1, -0.05) is 12.1 Å². The largest absolute Gasteiger partial charge is 0.446 e. The van der Waals surface area contributed by atoms with Gasteiger partial charge in [-0.2, -0.15) is 13.2 Å². The van der Waals surface area contributed by atoms with Gasteiger partial charge < -0.3 is 13.3 Å². The zero-order valence-electron chi connectivity index (χ0n) is 16.9. The number of likely N-dealkylation sites (tertiary alicyclic amines) is 1. The normalized spacial score (nSPS) is 18.7. The summed E-state index contributed by atoms with van der Waals surface area (Å²) in [6.45, 7) is 3.98. The van der Waals surface area contributed by atoms with Crippen LogP contribution in [0.4, 0.5) is 13.2 Å². The summed E-state index contributed by atoms with van der Waals surface area (Å²) in [5, 5.41) is 1.46. The summed E-state index contributed by atoms with van der Waals surface area (Å²) in [5.74, 6) is -0.199. The van der Waals surface area contributed by atoms with Crippen LogP contribution in [0.5, 0.6) is 0 Å². The summed E-state index contributed by atoms with van der Waals surface area (Å²) in [4.78, 5) is 30.6. The molecule has 12 heteroatoms. The SMILES string of the molecule is O=C(/C=C/c1ccc(SC(F)(F)F)cc1)N1CC(N2CCN(C(=O)/C(=C/S)NI)CC2)C1. The van der Waals surface area contributed by atoms with Crippen molar-refractivity contribution in [2.75, 3.05) is 39.3 Å². The average molecular weight is 598 g/mol. The molecule has 2 saturated heterocycles. The van der Waals surface area contributed by atoms with E-state index < -0.39 is 5.51 Å². The standard InChI is InChI=1S/C20H22F3IN4O2S2/c21-20(22,23)32-16-4-1-14(2-5-16)3-6-18(29)28-11-15(12-28)26-7-9-27(10-8-26)19(30)17(13-31)25-24/h1-6,13,15,25,31H,7-12H2/b6-3+,17-13-. The van der Waals surface area contributed by atoms with Gasteiger partial charge in [-0.05, 0) is 40.9 Å². The maximum Gasteiger partial charge on any atom is 0.446 e. The van der Waals surface area contributed by atoms with Crippen LogP contribution < -0.4 is 3.53 Å². The van der Waals surface area contributed by atoms with Crippen molar-refractivity contribution in [2.45, 2.75) is 16.4 Å². The van der Waals surface area contributed by atoms with Crippen LogP contribution in [0.3, 0.4) is 0 Å². The van der Waals surface area contributed by atoms with Gasteiger partial charge in [0.05, 0.1) is 22.9 Å². The molecule has 0 unspecified atom stereocenters. The van der Waals surface area contributed by atoms with Crippen LogP contribution in [0.2, 0.25) is 0 Å². The first kappa shape index (κ1) is 25.2. The molecular formula is C20H22F3IN4O2S2. The van der Waals surface area contributed by atoms with Crippen LogP contribution in [-0.2, 0) is 9.59 Å². The van der Waals surface area contributed by atoms with Gasteiger partial charge in [0.15, 0.2) is 0 Å². The van der Waals surface area contributed by atoms with Gasteiger partial charge in [0, 0.05) is 56.3 Å². The van der Waals surface area contributed by atoms with Crippen molar-refractivity contribution in [3.63, 3.8) is 0 Å². The van der Waals surface area contributed by atoms with Gasteiger partial charge in [0.1, 0.15) is 5.70 Å². The quantitative estimate of drug-likeness (QED) is 0.173. The van der Waals surface area contributed by atoms with Gasteiger partial charge in [0.25, 0.3) is 5.91 Å². The second-order valence-electron chi connectivity index (χ2n) is 7.31. The minimum Gasteiger partial charge on any atom is -0.336 e. The van der Waals surface area contributed by atoms with Crippen molar-refractivity contribution in [3.05, 3.63) is 47.0 Å². The van der Waals surface area contributed by atoms with Gasteiger partial charge in [-0.3, -0.25) is 14.5 Å². The van der Waals surface area contributed by atoms with Crippen LogP contribution in [0.15, 0.2) is 46.3 Å². The van der Waals surface area contributed by atoms with Gasteiger partial charge in [-0.15, -0.1) is 12.6 Å². The highest BCUT2D eigenvalue weighted by molar-refractivity contribution is 14.1. The lowest BCUT2D eigenvalue weighted by Gasteiger charge is -2.47. The molecule has 2 aliphatic rings. The highest BCUT2D eigenvalue weighted by Gasteiger charge is 2.36. The van der Waals surface area contributed by atoms with Crippen LogP contribution in [0.1, 0.15) is 5.56 Å². The van der Waals surface area contributed by atoms with Crippen molar-refractivity contribution in [1.29, 1.82) is 0 Å². The fourth-order valence-electron chi connectivity index (χ4n) is 3.50. The van der Waals surface area contributed by atoms with E-state index in [1.807, 2.05) is 22.9 Å². The van der Waals surface area contributed by atoms with Crippen LogP contribution in [-0.4, -0.2) is 77.3 Å². The molecule has 174 valence electrons. The number of alkyl halides is 3. The Morgan fingerprint density at radius 3 is 2.25 bits per heavy atom. The first-order valence-corrected chi connectivity index (χ1v) is 12.2. The number of carbonyl (C=O) groups excluding carboxylic acids is 2. The topological polar surface area (TPSA) is 55.9 Å². The summed E-state index contributed by atoms with van der Waals surface area (Å²) in [5.41, 5.74) is -3.20. The van der Waals surface area contributed by atoms with Crippen molar-refractivity contribution in [2.24, 2.45) is 0 Å². The van der Waals surface area contributed by atoms with E-state index in [1.54, 1.807) is 28.0 Å². The lowest BCUT2D eigenvalue weighted by molar-refractivity contribution is -0.135. The molecule has 0 atom stereocenters. The second kappa shape index (κ2) is 11.2. The third-order valence-corrected chi connectivity index (χ3v) is 6.86. The van der Waals surface area contributed by atoms with Crippen molar-refractivity contribution in [1.82, 2.24) is 18.2 Å². The number of hydrogen-bond donors (Lipinski definition) is 2. The van der Waals surface area contributed by atoms with Gasteiger partial charge in [0.2, 0.25) is 5.91 Å². The third-order valence-electron chi connectivity index (χ3n) is 5.29. The Morgan fingerprint density at radius 1 is 1.09 bits per heavy atom. The number of thioether (sulfide) groups is 1. The zero-order valence-corrected chi connectivity index (χ0v) is 20.8. The number of thiol groups is 1. The molecule has 0 aliphatic carbocycles. The molecule has 2 amide bonds. The zero-order chi connectivity index (χ0) is 23.3. The molecule has 1 aromatic carbocycles. The molecule has 2 aliphatic heterocycles. The highest BCUT2D eigenvalue weighted by atomic mass is 127. The maximum atomic E-state index is 12.4. The average Bonchev–Trinajstić information content (AvgIpc) is 2.72. The lowest BCUT2D eigenvalue weighted by Crippen LogP contribution is -2.64. The summed E-state index contributed by atoms with van der Waals surface area (Å²) < 4.78 is 40.0. The molecular weight excluding hydrogens is 576 g/mol. The van der Waals surface area contributed by atoms with Gasteiger partial charge >= 0.3 is 5.51 Å². The molecule has 0 radical (unpaired) electrons. The van der Waals surface area contributed by atoms with E-state index in [2.05, 4.69) is 21.1 Å². The molecule has 3 rings (SSSR count). The Hall–Kier alpha value is -1.38. The maximum absolute atomic E-state index is 12.4. The molecule has 0 bridgehead atoms. The molecule has 1 aromatic rings. The number of amides is 2. The Balaban J connectivity index is 1.42. The fourth-order valence-corrected chi connectivity index (χ4v) is 4.85. The van der Waals surface area contributed by atoms with E-state index in [-0.39, 0.29) is 34.5 Å². The molecule has 0 saturated carbocycles. The number of hydrogen-bond acceptors (Lipinski definition) is 6. The number of nitrogens with zero attached hydrogens (tertiary/aromatic N) is 3. The molecule has 0 spiro atoms. The summed E-state index contributed by atoms with van der Waals surface area (Å²) in [6.07, 6.45) is 3.05. The predicted octanol–water partition coefficient (Wildman–Crippen LogP) is 3.38. The number of piperazine rings is 1. The Labute approximate surface area is 208 Å². The molecule has 6 nitrogen and oxygen atoms in total. The van der Waals surface area contributed by atoms with E-state index in [9.17, 15) is 22.8 Å². The Bertz CT molecular complexity index is 882. The van der Waals surface area contributed by atoms with E-state index in [1.165, 1.54) is 23.6 Å².